The fourth-order valence-electron chi connectivity index (χ4n) is 2.33. The van der Waals surface area contributed by atoms with Gasteiger partial charge in [0, 0.05) is 12.2 Å². The number of aryl methyl sites for hydroxylation is 1. The minimum Gasteiger partial charge on any atom is -0.385 e. The molecule has 0 radical (unpaired) electrons. The molecule has 0 bridgehead atoms. The van der Waals surface area contributed by atoms with Crippen molar-refractivity contribution in [3.8, 4) is 0 Å². The number of nitrogens with one attached hydrogen (secondary N) is 1. The first-order chi connectivity index (χ1) is 9.01. The van der Waals surface area contributed by atoms with Gasteiger partial charge >= 0.3 is 0 Å². The predicted molar refractivity (Wildman–Crippen MR) is 87.1 cm³/mol. The van der Waals surface area contributed by atoms with Crippen LogP contribution in [0.15, 0.2) is 30.4 Å². The van der Waals surface area contributed by atoms with Gasteiger partial charge in [0.2, 0.25) is 0 Å². The van der Waals surface area contributed by atoms with Gasteiger partial charge in [-0.05, 0) is 61.9 Å². The molecule has 0 fully saturated rings. The Morgan fingerprint density at radius 2 is 1.89 bits per heavy atom. The summed E-state index contributed by atoms with van der Waals surface area (Å²) in [4.78, 5) is 0. The molecule has 0 amide bonds. The molecule has 0 heterocycles. The van der Waals surface area contributed by atoms with Crippen LogP contribution in [-0.4, -0.2) is 6.54 Å². The number of rotatable bonds is 6. The third-order valence-corrected chi connectivity index (χ3v) is 3.46. The molecule has 1 aromatic carbocycles. The van der Waals surface area contributed by atoms with Gasteiger partial charge in [-0.15, -0.1) is 0 Å². The van der Waals surface area contributed by atoms with E-state index in [1.807, 2.05) is 0 Å². The van der Waals surface area contributed by atoms with Crippen LogP contribution < -0.4 is 5.32 Å². The molecule has 0 aliphatic rings. The summed E-state index contributed by atoms with van der Waals surface area (Å²) in [5, 5.41) is 3.37. The first kappa shape index (κ1) is 15.6. The van der Waals surface area contributed by atoms with Crippen LogP contribution in [0, 0.1) is 6.92 Å². The van der Waals surface area contributed by atoms with Gasteiger partial charge in [-0.25, -0.2) is 0 Å². The lowest BCUT2D eigenvalue weighted by Crippen LogP contribution is -2.12. The van der Waals surface area contributed by atoms with Crippen LogP contribution in [0.2, 0.25) is 0 Å². The zero-order chi connectivity index (χ0) is 14.4. The lowest BCUT2D eigenvalue weighted by Gasteiger charge is -2.15. The number of hydrogen-bond acceptors (Lipinski definition) is 1. The first-order valence-corrected chi connectivity index (χ1v) is 7.21. The van der Waals surface area contributed by atoms with Crippen molar-refractivity contribution in [2.24, 2.45) is 0 Å². The second kappa shape index (κ2) is 7.18. The van der Waals surface area contributed by atoms with Crippen molar-refractivity contribution in [2.75, 3.05) is 6.54 Å². The second-order valence-corrected chi connectivity index (χ2v) is 5.27. The van der Waals surface area contributed by atoms with Gasteiger partial charge in [-0.2, -0.15) is 0 Å². The van der Waals surface area contributed by atoms with Crippen molar-refractivity contribution in [1.29, 1.82) is 0 Å². The molecule has 0 saturated carbocycles. The molecule has 0 saturated heterocycles. The van der Waals surface area contributed by atoms with Crippen molar-refractivity contribution in [2.45, 2.75) is 47.5 Å². The fraction of sp³-hybridized carbons (Fsp3) is 0.444. The molecule has 0 atom stereocenters. The predicted octanol–water partition coefficient (Wildman–Crippen LogP) is 5.17. The van der Waals surface area contributed by atoms with Crippen LogP contribution >= 0.6 is 0 Å². The molecule has 0 aromatic heterocycles. The van der Waals surface area contributed by atoms with Crippen LogP contribution in [0.25, 0.3) is 11.3 Å². The molecular weight excluding hydrogens is 230 g/mol. The molecule has 19 heavy (non-hydrogen) atoms. The third kappa shape index (κ3) is 3.99. The molecule has 1 heteroatoms. The Balaban J connectivity index is 3.14. The van der Waals surface area contributed by atoms with Crippen molar-refractivity contribution in [1.82, 2.24) is 5.32 Å². The summed E-state index contributed by atoms with van der Waals surface area (Å²) < 4.78 is 0. The lowest BCUT2D eigenvalue weighted by molar-refractivity contribution is 0.824. The van der Waals surface area contributed by atoms with Crippen molar-refractivity contribution < 1.29 is 0 Å². The molecule has 104 valence electrons. The Hall–Kier alpha value is -1.50. The second-order valence-electron chi connectivity index (χ2n) is 5.27. The summed E-state index contributed by atoms with van der Waals surface area (Å²) in [5.41, 5.74) is 7.76. The van der Waals surface area contributed by atoms with Crippen LogP contribution in [0.3, 0.4) is 0 Å². The van der Waals surface area contributed by atoms with E-state index in [0.29, 0.717) is 0 Å². The van der Waals surface area contributed by atoms with Gasteiger partial charge < -0.3 is 5.32 Å². The van der Waals surface area contributed by atoms with Gasteiger partial charge in [-0.1, -0.05) is 38.1 Å². The van der Waals surface area contributed by atoms with E-state index >= 15 is 0 Å². The van der Waals surface area contributed by atoms with E-state index in [0.717, 1.165) is 25.1 Å². The number of benzene rings is 1. The maximum Gasteiger partial charge on any atom is 0.0340 e. The van der Waals surface area contributed by atoms with Gasteiger partial charge in [0.25, 0.3) is 0 Å². The highest BCUT2D eigenvalue weighted by molar-refractivity contribution is 5.74. The van der Waals surface area contributed by atoms with Crippen LogP contribution in [0.5, 0.6) is 0 Å². The summed E-state index contributed by atoms with van der Waals surface area (Å²) in [6.45, 7) is 16.1. The van der Waals surface area contributed by atoms with E-state index in [4.69, 9.17) is 0 Å². The van der Waals surface area contributed by atoms with Gasteiger partial charge in [0.05, 0.1) is 0 Å². The summed E-state index contributed by atoms with van der Waals surface area (Å²) in [5.74, 6) is 0. The minimum absolute atomic E-state index is 0.978. The summed E-state index contributed by atoms with van der Waals surface area (Å²) in [7, 11) is 0. The standard InChI is InChI=1S/C18H27N/c1-7-11-19-15(6)16-10-9-14(5)18(12-16)17(8-2)13(3)4/h9-10,12,19H,6-8,11H2,1-5H3. The Labute approximate surface area is 118 Å². The Bertz CT molecular complexity index is 476. The highest BCUT2D eigenvalue weighted by Gasteiger charge is 2.08. The summed E-state index contributed by atoms with van der Waals surface area (Å²) >= 11 is 0. The Morgan fingerprint density at radius 3 is 2.42 bits per heavy atom. The highest BCUT2D eigenvalue weighted by Crippen LogP contribution is 2.27. The molecule has 0 spiro atoms. The monoisotopic (exact) mass is 257 g/mol. The van der Waals surface area contributed by atoms with Crippen molar-refractivity contribution >= 4 is 11.3 Å². The maximum absolute atomic E-state index is 4.14. The maximum atomic E-state index is 4.14. The molecule has 1 N–H and O–H groups in total. The topological polar surface area (TPSA) is 12.0 Å². The average molecular weight is 257 g/mol. The SMILES string of the molecule is C=C(NCCC)c1ccc(C)c(C(CC)=C(C)C)c1. The smallest absolute Gasteiger partial charge is 0.0340 e. The molecule has 0 unspecified atom stereocenters. The fourth-order valence-corrected chi connectivity index (χ4v) is 2.33. The molecule has 1 rings (SSSR count). The quantitative estimate of drug-likeness (QED) is 0.741. The average Bonchev–Trinajstić information content (AvgIpc) is 2.38. The normalized spacial score (nSPS) is 10.2. The lowest BCUT2D eigenvalue weighted by atomic mass is 9.93. The molecule has 0 aliphatic carbocycles. The van der Waals surface area contributed by atoms with E-state index in [9.17, 15) is 0 Å². The van der Waals surface area contributed by atoms with E-state index in [2.05, 4.69) is 64.7 Å². The Morgan fingerprint density at radius 1 is 1.21 bits per heavy atom. The third-order valence-electron chi connectivity index (χ3n) is 3.46. The largest absolute Gasteiger partial charge is 0.385 e. The van der Waals surface area contributed by atoms with Gasteiger partial charge in [0.15, 0.2) is 0 Å². The van der Waals surface area contributed by atoms with Crippen LogP contribution in [0.4, 0.5) is 0 Å². The van der Waals surface area contributed by atoms with E-state index in [1.54, 1.807) is 0 Å². The highest BCUT2D eigenvalue weighted by atomic mass is 14.9. The number of allylic oxidation sites excluding steroid dienone is 2. The Kier molecular flexibility index (Phi) is 5.88. The van der Waals surface area contributed by atoms with Crippen LogP contribution in [-0.2, 0) is 0 Å². The molecule has 1 aromatic rings. The van der Waals surface area contributed by atoms with Crippen molar-refractivity contribution in [3.05, 3.63) is 47.0 Å². The number of hydrogen-bond donors (Lipinski definition) is 1. The van der Waals surface area contributed by atoms with Gasteiger partial charge in [-0.3, -0.25) is 0 Å². The summed E-state index contributed by atoms with van der Waals surface area (Å²) in [6.07, 6.45) is 2.19. The minimum atomic E-state index is 0.978. The summed E-state index contributed by atoms with van der Waals surface area (Å²) in [6, 6.07) is 6.62. The van der Waals surface area contributed by atoms with E-state index < -0.39 is 0 Å². The zero-order valence-corrected chi connectivity index (χ0v) is 13.1. The van der Waals surface area contributed by atoms with E-state index in [-0.39, 0.29) is 0 Å². The van der Waals surface area contributed by atoms with Crippen molar-refractivity contribution in [3.63, 3.8) is 0 Å². The molecular formula is C18H27N. The van der Waals surface area contributed by atoms with E-state index in [1.165, 1.54) is 27.8 Å². The van der Waals surface area contributed by atoms with Gasteiger partial charge in [0.1, 0.15) is 0 Å². The first-order valence-electron chi connectivity index (χ1n) is 7.21. The molecule has 0 aliphatic heterocycles. The zero-order valence-electron chi connectivity index (χ0n) is 13.1. The molecule has 1 nitrogen and oxygen atoms in total. The van der Waals surface area contributed by atoms with Crippen LogP contribution in [0.1, 0.15) is 57.2 Å².